The Kier molecular flexibility index (Phi) is 5.02. The van der Waals surface area contributed by atoms with Crippen LogP contribution in [-0.4, -0.2) is 41.5 Å². The van der Waals surface area contributed by atoms with Gasteiger partial charge < -0.3 is 9.73 Å². The number of pyridine rings is 1. The normalized spacial score (nSPS) is 15.6. The molecule has 0 radical (unpaired) electrons. The maximum Gasteiger partial charge on any atom is 0.206 e. The van der Waals surface area contributed by atoms with Gasteiger partial charge in [0.15, 0.2) is 15.3 Å². The minimum atomic E-state index is 0.312. The molecule has 142 valence electrons. The lowest BCUT2D eigenvalue weighted by molar-refractivity contribution is 0.518. The predicted molar refractivity (Wildman–Crippen MR) is 110 cm³/mol. The van der Waals surface area contributed by atoms with Gasteiger partial charge in [0.1, 0.15) is 5.76 Å². The molecule has 28 heavy (non-hydrogen) atoms. The Labute approximate surface area is 173 Å². The largest absolute Gasteiger partial charge is 0.467 e. The van der Waals surface area contributed by atoms with Gasteiger partial charge in [0.25, 0.3) is 0 Å². The molecule has 0 saturated carbocycles. The van der Waals surface area contributed by atoms with Crippen LogP contribution in [0.25, 0.3) is 11.4 Å². The summed E-state index contributed by atoms with van der Waals surface area (Å²) in [7, 11) is 0. The smallest absolute Gasteiger partial charge is 0.206 e. The predicted octanol–water partition coefficient (Wildman–Crippen LogP) is 3.84. The van der Waals surface area contributed by atoms with Gasteiger partial charge in [-0.05, 0) is 24.3 Å². The number of nitrogens with zero attached hydrogens (tertiary/aromatic N) is 6. The van der Waals surface area contributed by atoms with Crippen LogP contribution in [0.1, 0.15) is 11.8 Å². The highest BCUT2D eigenvalue weighted by Crippen LogP contribution is 2.39. The lowest BCUT2D eigenvalue weighted by Gasteiger charge is -2.13. The Morgan fingerprint density at radius 2 is 2.11 bits per heavy atom. The van der Waals surface area contributed by atoms with E-state index < -0.39 is 0 Å². The third kappa shape index (κ3) is 3.64. The summed E-state index contributed by atoms with van der Waals surface area (Å²) in [6, 6.07) is 8.04. The molecule has 0 aliphatic carbocycles. The maximum atomic E-state index is 5.32. The monoisotopic (exact) mass is 429 g/mol. The van der Waals surface area contributed by atoms with Crippen molar-refractivity contribution in [3.05, 3.63) is 48.7 Å². The SMILES string of the molecule is c1coc(CNc2nnc(SC[C@@H]3CSc4nnc(-c5ccncc5)n43)s2)c1. The lowest BCUT2D eigenvalue weighted by Crippen LogP contribution is -2.11. The quantitative estimate of drug-likeness (QED) is 0.440. The first-order valence-electron chi connectivity index (χ1n) is 8.57. The van der Waals surface area contributed by atoms with Gasteiger partial charge in [-0.25, -0.2) is 0 Å². The minimum absolute atomic E-state index is 0.312. The number of furan rings is 1. The molecule has 4 aromatic rings. The van der Waals surface area contributed by atoms with E-state index in [1.54, 1.807) is 53.5 Å². The summed E-state index contributed by atoms with van der Waals surface area (Å²) in [4.78, 5) is 4.09. The molecule has 0 bridgehead atoms. The van der Waals surface area contributed by atoms with Gasteiger partial charge in [0.2, 0.25) is 5.13 Å². The Morgan fingerprint density at radius 3 is 2.96 bits per heavy atom. The average molecular weight is 430 g/mol. The molecule has 11 heteroatoms. The number of aromatic nitrogens is 6. The van der Waals surface area contributed by atoms with Gasteiger partial charge in [-0.1, -0.05) is 34.9 Å². The molecule has 0 amide bonds. The third-order valence-corrected chi connectivity index (χ3v) is 7.42. The summed E-state index contributed by atoms with van der Waals surface area (Å²) in [6.45, 7) is 0.602. The first-order chi connectivity index (χ1) is 13.9. The van der Waals surface area contributed by atoms with Crippen LogP contribution in [-0.2, 0) is 6.54 Å². The van der Waals surface area contributed by atoms with E-state index in [0.29, 0.717) is 12.6 Å². The van der Waals surface area contributed by atoms with Crippen LogP contribution in [0.15, 0.2) is 56.8 Å². The van der Waals surface area contributed by atoms with E-state index >= 15 is 0 Å². The van der Waals surface area contributed by atoms with E-state index in [-0.39, 0.29) is 0 Å². The molecule has 1 aliphatic heterocycles. The Morgan fingerprint density at radius 1 is 1.18 bits per heavy atom. The van der Waals surface area contributed by atoms with E-state index in [1.165, 1.54) is 0 Å². The molecule has 5 heterocycles. The van der Waals surface area contributed by atoms with Crippen molar-refractivity contribution in [3.63, 3.8) is 0 Å². The standard InChI is InChI=1S/C17H15N7OS3/c1-2-13(25-7-1)8-19-15-21-23-17(28-15)27-10-12-9-26-16-22-20-14(24(12)16)11-3-5-18-6-4-11/h1-7,12H,8-10H2,(H,19,21)/t12-/m0/s1. The van der Waals surface area contributed by atoms with E-state index in [9.17, 15) is 0 Å². The van der Waals surface area contributed by atoms with Crippen molar-refractivity contribution in [2.75, 3.05) is 16.8 Å². The summed E-state index contributed by atoms with van der Waals surface area (Å²) in [5.74, 6) is 3.64. The second-order valence-corrected chi connectivity index (χ2v) is 9.23. The fraction of sp³-hybridized carbons (Fsp3) is 0.235. The highest BCUT2D eigenvalue weighted by molar-refractivity contribution is 8.01. The van der Waals surface area contributed by atoms with E-state index in [2.05, 4.69) is 35.3 Å². The maximum absolute atomic E-state index is 5.32. The van der Waals surface area contributed by atoms with Crippen molar-refractivity contribution < 1.29 is 4.42 Å². The first kappa shape index (κ1) is 17.7. The van der Waals surface area contributed by atoms with Crippen LogP contribution in [0, 0.1) is 0 Å². The number of fused-ring (bicyclic) bond motifs is 1. The number of nitrogens with one attached hydrogen (secondary N) is 1. The van der Waals surface area contributed by atoms with Gasteiger partial charge in [-0.3, -0.25) is 9.55 Å². The van der Waals surface area contributed by atoms with Crippen LogP contribution in [0.5, 0.6) is 0 Å². The zero-order valence-corrected chi connectivity index (χ0v) is 17.0. The molecule has 0 unspecified atom stereocenters. The van der Waals surface area contributed by atoms with E-state index in [1.807, 2.05) is 24.3 Å². The van der Waals surface area contributed by atoms with Gasteiger partial charge in [-0.15, -0.1) is 20.4 Å². The van der Waals surface area contributed by atoms with Gasteiger partial charge >= 0.3 is 0 Å². The molecule has 1 aliphatic rings. The number of rotatable bonds is 7. The van der Waals surface area contributed by atoms with Crippen LogP contribution >= 0.6 is 34.9 Å². The first-order valence-corrected chi connectivity index (χ1v) is 11.4. The van der Waals surface area contributed by atoms with E-state index in [4.69, 9.17) is 4.42 Å². The zero-order valence-electron chi connectivity index (χ0n) is 14.6. The average Bonchev–Trinajstić information content (AvgIpc) is 3.51. The minimum Gasteiger partial charge on any atom is -0.467 e. The Hall–Kier alpha value is -2.37. The summed E-state index contributed by atoms with van der Waals surface area (Å²) in [5.41, 5.74) is 1.03. The van der Waals surface area contributed by atoms with Crippen molar-refractivity contribution in [1.29, 1.82) is 0 Å². The van der Waals surface area contributed by atoms with Crippen LogP contribution in [0.2, 0.25) is 0 Å². The summed E-state index contributed by atoms with van der Waals surface area (Å²) >= 11 is 5.01. The fourth-order valence-electron chi connectivity index (χ4n) is 2.85. The summed E-state index contributed by atoms with van der Waals surface area (Å²) in [5, 5.41) is 22.2. The van der Waals surface area contributed by atoms with E-state index in [0.717, 1.165) is 43.3 Å². The van der Waals surface area contributed by atoms with Crippen molar-refractivity contribution in [2.45, 2.75) is 22.1 Å². The van der Waals surface area contributed by atoms with Gasteiger partial charge in [0, 0.05) is 29.5 Å². The van der Waals surface area contributed by atoms with Crippen molar-refractivity contribution in [2.24, 2.45) is 0 Å². The molecular formula is C17H15N7OS3. The Balaban J connectivity index is 1.24. The third-order valence-electron chi connectivity index (χ3n) is 4.17. The zero-order chi connectivity index (χ0) is 18.8. The van der Waals surface area contributed by atoms with Gasteiger partial charge in [0.05, 0.1) is 18.8 Å². The van der Waals surface area contributed by atoms with Crippen LogP contribution in [0.4, 0.5) is 5.13 Å². The number of anilines is 1. The summed E-state index contributed by atoms with van der Waals surface area (Å²) in [6.07, 6.45) is 5.22. The number of hydrogen-bond acceptors (Lipinski definition) is 10. The van der Waals surface area contributed by atoms with Gasteiger partial charge in [-0.2, -0.15) is 0 Å². The molecule has 1 atom stereocenters. The molecule has 5 rings (SSSR count). The topological polar surface area (TPSA) is 94.6 Å². The lowest BCUT2D eigenvalue weighted by atomic mass is 10.2. The molecule has 8 nitrogen and oxygen atoms in total. The molecule has 4 aromatic heterocycles. The van der Waals surface area contributed by atoms with Crippen molar-refractivity contribution in [1.82, 2.24) is 29.9 Å². The molecule has 0 aromatic carbocycles. The highest BCUT2D eigenvalue weighted by atomic mass is 32.2. The van der Waals surface area contributed by atoms with Crippen LogP contribution in [0.3, 0.4) is 0 Å². The second kappa shape index (κ2) is 7.94. The second-order valence-electron chi connectivity index (χ2n) is 5.99. The molecular weight excluding hydrogens is 414 g/mol. The molecule has 0 saturated heterocycles. The Bertz CT molecular complexity index is 1050. The van der Waals surface area contributed by atoms with Crippen LogP contribution < -0.4 is 5.32 Å². The molecule has 0 fully saturated rings. The number of hydrogen-bond donors (Lipinski definition) is 1. The molecule has 0 spiro atoms. The highest BCUT2D eigenvalue weighted by Gasteiger charge is 2.28. The van der Waals surface area contributed by atoms with Crippen molar-refractivity contribution in [3.8, 4) is 11.4 Å². The van der Waals surface area contributed by atoms with Crippen molar-refractivity contribution >= 4 is 40.0 Å². The fourth-order valence-corrected chi connectivity index (χ4v) is 5.93. The summed E-state index contributed by atoms with van der Waals surface area (Å²) < 4.78 is 8.49. The number of thioether (sulfide) groups is 2. The molecule has 1 N–H and O–H groups in total.